The predicted molar refractivity (Wildman–Crippen MR) is 208 cm³/mol. The van der Waals surface area contributed by atoms with Crippen molar-refractivity contribution in [3.05, 3.63) is 182 Å². The molecule has 10 aromatic rings. The molecule has 0 radical (unpaired) electrons. The summed E-state index contributed by atoms with van der Waals surface area (Å²) in [5, 5.41) is 15.2. The molecule has 10 rings (SSSR count). The van der Waals surface area contributed by atoms with Gasteiger partial charge < -0.3 is 0 Å². The van der Waals surface area contributed by atoms with Gasteiger partial charge in [-0.25, -0.2) is 0 Å². The Kier molecular flexibility index (Phi) is 5.98. The van der Waals surface area contributed by atoms with Gasteiger partial charge in [0.1, 0.15) is 0 Å². The fourth-order valence-corrected chi connectivity index (χ4v) is 8.01. The Morgan fingerprint density at radius 1 is 0.208 bits per heavy atom. The zero-order chi connectivity index (χ0) is 31.6. The van der Waals surface area contributed by atoms with Crippen LogP contribution in [0.3, 0.4) is 0 Å². The Bertz CT molecular complexity index is 2650. The summed E-state index contributed by atoms with van der Waals surface area (Å²) in [5.74, 6) is 0. The van der Waals surface area contributed by atoms with E-state index < -0.39 is 0 Å². The third-order valence-corrected chi connectivity index (χ3v) is 10.1. The van der Waals surface area contributed by atoms with Gasteiger partial charge in [-0.05, 0) is 134 Å². The van der Waals surface area contributed by atoms with E-state index in [1.807, 2.05) is 0 Å². The molecule has 0 aliphatic rings. The van der Waals surface area contributed by atoms with Gasteiger partial charge in [-0.15, -0.1) is 0 Å². The van der Waals surface area contributed by atoms with Crippen LogP contribution in [0.25, 0.3) is 98.0 Å². The van der Waals surface area contributed by atoms with Crippen molar-refractivity contribution in [2.24, 2.45) is 0 Å². The SMILES string of the molecule is c1ccc2c(-c3cc(-c4c5ccccc5cc5ccccc45)cc(-c4cc5ccccc5c5ccccc45)c3)c3ccccc3cc2c1. The Morgan fingerprint density at radius 2 is 0.521 bits per heavy atom. The average molecular weight is 607 g/mol. The molecule has 0 atom stereocenters. The highest BCUT2D eigenvalue weighted by atomic mass is 14.2. The molecule has 0 saturated heterocycles. The van der Waals surface area contributed by atoms with E-state index in [9.17, 15) is 0 Å². The molecular weight excluding hydrogens is 577 g/mol. The maximum absolute atomic E-state index is 2.44. The monoisotopic (exact) mass is 606 g/mol. The molecule has 222 valence electrons. The number of hydrogen-bond acceptors (Lipinski definition) is 0. The summed E-state index contributed by atoms with van der Waals surface area (Å²) in [6, 6.07) is 67.3. The van der Waals surface area contributed by atoms with Crippen LogP contribution in [-0.2, 0) is 0 Å². The van der Waals surface area contributed by atoms with E-state index in [-0.39, 0.29) is 0 Å². The van der Waals surface area contributed by atoms with Gasteiger partial charge in [-0.3, -0.25) is 0 Å². The zero-order valence-corrected chi connectivity index (χ0v) is 26.3. The first-order chi connectivity index (χ1) is 23.8. The van der Waals surface area contributed by atoms with Crippen molar-refractivity contribution in [1.82, 2.24) is 0 Å². The normalized spacial score (nSPS) is 11.8. The van der Waals surface area contributed by atoms with Gasteiger partial charge in [0.25, 0.3) is 0 Å². The first kappa shape index (κ1) is 26.9. The molecular formula is C48H30. The van der Waals surface area contributed by atoms with Gasteiger partial charge in [-0.1, -0.05) is 146 Å². The van der Waals surface area contributed by atoms with Crippen LogP contribution in [0.4, 0.5) is 0 Å². The molecule has 0 fully saturated rings. The fourth-order valence-electron chi connectivity index (χ4n) is 8.01. The van der Waals surface area contributed by atoms with E-state index in [0.29, 0.717) is 0 Å². The molecule has 0 heteroatoms. The number of fused-ring (bicyclic) bond motifs is 7. The van der Waals surface area contributed by atoms with Crippen molar-refractivity contribution in [2.75, 3.05) is 0 Å². The van der Waals surface area contributed by atoms with Crippen molar-refractivity contribution < 1.29 is 0 Å². The van der Waals surface area contributed by atoms with Crippen LogP contribution in [0, 0.1) is 0 Å². The second kappa shape index (κ2) is 10.7. The van der Waals surface area contributed by atoms with Crippen LogP contribution in [-0.4, -0.2) is 0 Å². The maximum Gasteiger partial charge on any atom is -0.00264 e. The molecule has 0 amide bonds. The quantitative estimate of drug-likeness (QED) is 0.139. The van der Waals surface area contributed by atoms with E-state index in [1.54, 1.807) is 0 Å². The van der Waals surface area contributed by atoms with Crippen molar-refractivity contribution in [3.8, 4) is 33.4 Å². The summed E-state index contributed by atoms with van der Waals surface area (Å²) in [5.41, 5.74) is 7.48. The highest BCUT2D eigenvalue weighted by Gasteiger charge is 2.18. The second-order valence-electron chi connectivity index (χ2n) is 12.9. The fraction of sp³-hybridized carbons (Fsp3) is 0. The molecule has 0 nitrogen and oxygen atoms in total. The van der Waals surface area contributed by atoms with Crippen LogP contribution >= 0.6 is 0 Å². The topological polar surface area (TPSA) is 0 Å². The van der Waals surface area contributed by atoms with Crippen molar-refractivity contribution >= 4 is 64.6 Å². The van der Waals surface area contributed by atoms with E-state index >= 15 is 0 Å². The molecule has 0 unspecified atom stereocenters. The third kappa shape index (κ3) is 4.16. The van der Waals surface area contributed by atoms with Gasteiger partial charge in [-0.2, -0.15) is 0 Å². The molecule has 0 aliphatic heterocycles. The van der Waals surface area contributed by atoms with E-state index in [1.165, 1.54) is 98.0 Å². The molecule has 0 N–H and O–H groups in total. The van der Waals surface area contributed by atoms with Gasteiger partial charge in [0.2, 0.25) is 0 Å². The molecule has 48 heavy (non-hydrogen) atoms. The van der Waals surface area contributed by atoms with Gasteiger partial charge in [0, 0.05) is 0 Å². The first-order valence-electron chi connectivity index (χ1n) is 16.7. The summed E-state index contributed by atoms with van der Waals surface area (Å²) in [6.07, 6.45) is 0. The number of benzene rings is 10. The lowest BCUT2D eigenvalue weighted by Crippen LogP contribution is -1.92. The molecule has 10 aromatic carbocycles. The minimum absolute atomic E-state index is 1.22. The van der Waals surface area contributed by atoms with Crippen molar-refractivity contribution in [1.29, 1.82) is 0 Å². The minimum Gasteiger partial charge on any atom is -0.0616 e. The molecule has 0 spiro atoms. The van der Waals surface area contributed by atoms with Gasteiger partial charge in [0.15, 0.2) is 0 Å². The first-order valence-corrected chi connectivity index (χ1v) is 16.7. The van der Waals surface area contributed by atoms with Crippen LogP contribution in [0.1, 0.15) is 0 Å². The zero-order valence-electron chi connectivity index (χ0n) is 26.3. The van der Waals surface area contributed by atoms with Crippen LogP contribution in [0.2, 0.25) is 0 Å². The standard InChI is InChI=1S/C48H30/c1-6-18-39-35(17-1)30-46(45-24-12-11-23-44(39)45)36-27-37(47-40-19-7-2-13-31(40)25-32-14-3-8-20-41(32)47)29-38(28-36)48-42-21-9-4-15-33(42)26-34-16-5-10-22-43(34)48/h1-30H. The maximum atomic E-state index is 2.44. The minimum atomic E-state index is 1.22. The van der Waals surface area contributed by atoms with E-state index in [0.717, 1.165) is 0 Å². The average Bonchev–Trinajstić information content (AvgIpc) is 3.15. The summed E-state index contributed by atoms with van der Waals surface area (Å²) in [4.78, 5) is 0. The molecule has 0 bridgehead atoms. The van der Waals surface area contributed by atoms with Crippen molar-refractivity contribution in [3.63, 3.8) is 0 Å². The van der Waals surface area contributed by atoms with Crippen molar-refractivity contribution in [2.45, 2.75) is 0 Å². The Balaban J connectivity index is 1.39. The summed E-state index contributed by atoms with van der Waals surface area (Å²) in [7, 11) is 0. The second-order valence-corrected chi connectivity index (χ2v) is 12.9. The van der Waals surface area contributed by atoms with Crippen LogP contribution in [0.5, 0.6) is 0 Å². The molecule has 0 saturated carbocycles. The smallest absolute Gasteiger partial charge is 0.00264 e. The Labute approximate surface area is 279 Å². The molecule has 0 aromatic heterocycles. The van der Waals surface area contributed by atoms with Gasteiger partial charge >= 0.3 is 0 Å². The highest BCUT2D eigenvalue weighted by Crippen LogP contribution is 2.45. The lowest BCUT2D eigenvalue weighted by atomic mass is 9.85. The lowest BCUT2D eigenvalue weighted by Gasteiger charge is -2.19. The summed E-state index contributed by atoms with van der Waals surface area (Å²) in [6.45, 7) is 0. The summed E-state index contributed by atoms with van der Waals surface area (Å²) >= 11 is 0. The van der Waals surface area contributed by atoms with Gasteiger partial charge in [0.05, 0.1) is 0 Å². The van der Waals surface area contributed by atoms with E-state index in [2.05, 4.69) is 182 Å². The van der Waals surface area contributed by atoms with Crippen LogP contribution < -0.4 is 0 Å². The predicted octanol–water partition coefficient (Wildman–Crippen LogP) is 13.6. The van der Waals surface area contributed by atoms with Crippen LogP contribution in [0.15, 0.2) is 182 Å². The highest BCUT2D eigenvalue weighted by molar-refractivity contribution is 6.18. The third-order valence-electron chi connectivity index (χ3n) is 10.1. The number of rotatable bonds is 3. The Morgan fingerprint density at radius 3 is 0.958 bits per heavy atom. The largest absolute Gasteiger partial charge is 0.0616 e. The lowest BCUT2D eigenvalue weighted by molar-refractivity contribution is 1.63. The Hall–Kier alpha value is -6.24. The summed E-state index contributed by atoms with van der Waals surface area (Å²) < 4.78 is 0. The molecule has 0 heterocycles. The van der Waals surface area contributed by atoms with E-state index in [4.69, 9.17) is 0 Å². The number of hydrogen-bond donors (Lipinski definition) is 0. The molecule has 0 aliphatic carbocycles.